The molecule has 0 unspecified atom stereocenters. The van der Waals surface area contributed by atoms with Crippen LogP contribution in [0, 0.1) is 10.1 Å². The van der Waals surface area contributed by atoms with Gasteiger partial charge in [0.15, 0.2) is 5.69 Å². The fourth-order valence-corrected chi connectivity index (χ4v) is 2.03. The average Bonchev–Trinajstić information content (AvgIpc) is 2.38. The first-order valence-electron chi connectivity index (χ1n) is 5.51. The minimum absolute atomic E-state index is 0.103. The summed E-state index contributed by atoms with van der Waals surface area (Å²) < 4.78 is 5.22. The third-order valence-corrected chi connectivity index (χ3v) is 2.83. The second-order valence-electron chi connectivity index (χ2n) is 3.82. The molecule has 1 aliphatic heterocycles. The van der Waals surface area contributed by atoms with Gasteiger partial charge in [0.05, 0.1) is 12.0 Å². The van der Waals surface area contributed by atoms with Gasteiger partial charge in [0.2, 0.25) is 0 Å². The van der Waals surface area contributed by atoms with Gasteiger partial charge < -0.3 is 15.0 Å². The quantitative estimate of drug-likeness (QED) is 0.627. The Kier molecular flexibility index (Phi) is 3.43. The average molecular weight is 237 g/mol. The molecular formula is C11H15N3O3. The fourth-order valence-electron chi connectivity index (χ4n) is 2.03. The number of benzene rings is 1. The predicted octanol–water partition coefficient (Wildman–Crippen LogP) is 1.01. The standard InChI is InChI=1S/C11H15N3O3/c1-17-10-4-2-3-9(14(15)16)11(10)13-7-5-12-6-8-13/h2-4,12H,5-8H2,1H3. The Labute approximate surface area is 99.3 Å². The lowest BCUT2D eigenvalue weighted by Gasteiger charge is -2.30. The number of hydrogen-bond donors (Lipinski definition) is 1. The normalized spacial score (nSPS) is 15.7. The zero-order valence-corrected chi connectivity index (χ0v) is 9.68. The van der Waals surface area contributed by atoms with Crippen molar-refractivity contribution in [3.8, 4) is 5.75 Å². The van der Waals surface area contributed by atoms with E-state index in [-0.39, 0.29) is 10.6 Å². The molecule has 0 radical (unpaired) electrons. The number of nitro groups is 1. The lowest BCUT2D eigenvalue weighted by molar-refractivity contribution is -0.384. The maximum atomic E-state index is 11.0. The van der Waals surface area contributed by atoms with Crippen molar-refractivity contribution in [3.63, 3.8) is 0 Å². The van der Waals surface area contributed by atoms with Crippen LogP contribution in [0.3, 0.4) is 0 Å². The van der Waals surface area contributed by atoms with E-state index in [2.05, 4.69) is 5.32 Å². The van der Waals surface area contributed by atoms with Crippen LogP contribution in [0.5, 0.6) is 5.75 Å². The number of piperazine rings is 1. The first kappa shape index (κ1) is 11.7. The number of ether oxygens (including phenoxy) is 1. The van der Waals surface area contributed by atoms with Gasteiger partial charge in [0, 0.05) is 32.2 Å². The summed E-state index contributed by atoms with van der Waals surface area (Å²) in [6.45, 7) is 3.16. The Bertz CT molecular complexity index is 416. The highest BCUT2D eigenvalue weighted by Crippen LogP contribution is 2.37. The summed E-state index contributed by atoms with van der Waals surface area (Å²) in [7, 11) is 1.53. The number of hydrogen-bond acceptors (Lipinski definition) is 5. The van der Waals surface area contributed by atoms with Gasteiger partial charge in [0.1, 0.15) is 5.75 Å². The molecule has 1 aromatic rings. The zero-order chi connectivity index (χ0) is 12.3. The molecule has 1 N–H and O–H groups in total. The lowest BCUT2D eigenvalue weighted by atomic mass is 10.2. The Balaban J connectivity index is 2.43. The summed E-state index contributed by atoms with van der Waals surface area (Å²) in [6.07, 6.45) is 0. The topological polar surface area (TPSA) is 67.6 Å². The number of anilines is 1. The van der Waals surface area contributed by atoms with Crippen LogP contribution < -0.4 is 15.0 Å². The Morgan fingerprint density at radius 3 is 2.71 bits per heavy atom. The fraction of sp³-hybridized carbons (Fsp3) is 0.455. The molecule has 1 aromatic carbocycles. The first-order chi connectivity index (χ1) is 8.24. The van der Waals surface area contributed by atoms with E-state index >= 15 is 0 Å². The van der Waals surface area contributed by atoms with Gasteiger partial charge >= 0.3 is 0 Å². The van der Waals surface area contributed by atoms with E-state index < -0.39 is 0 Å². The summed E-state index contributed by atoms with van der Waals surface area (Å²) in [5.41, 5.74) is 0.688. The second kappa shape index (κ2) is 5.01. The van der Waals surface area contributed by atoms with Gasteiger partial charge in [-0.1, -0.05) is 6.07 Å². The second-order valence-corrected chi connectivity index (χ2v) is 3.82. The van der Waals surface area contributed by atoms with Crippen molar-refractivity contribution < 1.29 is 9.66 Å². The molecule has 0 saturated carbocycles. The molecule has 6 heteroatoms. The third kappa shape index (κ3) is 2.31. The van der Waals surface area contributed by atoms with Crippen LogP contribution in [0.15, 0.2) is 18.2 Å². The monoisotopic (exact) mass is 237 g/mol. The number of nitro benzene ring substituents is 1. The van der Waals surface area contributed by atoms with Crippen LogP contribution in [0.2, 0.25) is 0 Å². The van der Waals surface area contributed by atoms with Crippen molar-refractivity contribution in [2.75, 3.05) is 38.2 Å². The van der Waals surface area contributed by atoms with E-state index in [0.29, 0.717) is 11.4 Å². The predicted molar refractivity (Wildman–Crippen MR) is 64.7 cm³/mol. The molecule has 1 heterocycles. The summed E-state index contributed by atoms with van der Waals surface area (Å²) in [5.74, 6) is 0.557. The van der Waals surface area contributed by atoms with Crippen LogP contribution >= 0.6 is 0 Å². The van der Waals surface area contributed by atoms with Crippen molar-refractivity contribution in [2.45, 2.75) is 0 Å². The maximum absolute atomic E-state index is 11.0. The summed E-state index contributed by atoms with van der Waals surface area (Å²) in [5, 5.41) is 14.3. The smallest absolute Gasteiger partial charge is 0.296 e. The highest BCUT2D eigenvalue weighted by molar-refractivity contribution is 5.71. The molecule has 1 saturated heterocycles. The number of para-hydroxylation sites is 1. The number of nitrogens with zero attached hydrogens (tertiary/aromatic N) is 2. The van der Waals surface area contributed by atoms with E-state index in [4.69, 9.17) is 4.74 Å². The molecule has 2 rings (SSSR count). The van der Waals surface area contributed by atoms with E-state index in [9.17, 15) is 10.1 Å². The summed E-state index contributed by atoms with van der Waals surface area (Å²) >= 11 is 0. The molecule has 0 bridgehead atoms. The molecule has 0 aromatic heterocycles. The Hall–Kier alpha value is -1.82. The van der Waals surface area contributed by atoms with Gasteiger partial charge in [-0.05, 0) is 6.07 Å². The molecule has 17 heavy (non-hydrogen) atoms. The van der Waals surface area contributed by atoms with Crippen LogP contribution in [-0.4, -0.2) is 38.2 Å². The van der Waals surface area contributed by atoms with E-state index in [1.807, 2.05) is 4.90 Å². The van der Waals surface area contributed by atoms with Crippen molar-refractivity contribution in [3.05, 3.63) is 28.3 Å². The molecular weight excluding hydrogens is 222 g/mol. The number of methoxy groups -OCH3 is 1. The summed E-state index contributed by atoms with van der Waals surface area (Å²) in [6, 6.07) is 4.91. The molecule has 0 aliphatic carbocycles. The van der Waals surface area contributed by atoms with Gasteiger partial charge in [-0.25, -0.2) is 0 Å². The first-order valence-corrected chi connectivity index (χ1v) is 5.51. The highest BCUT2D eigenvalue weighted by atomic mass is 16.6. The molecule has 6 nitrogen and oxygen atoms in total. The number of rotatable bonds is 3. The van der Waals surface area contributed by atoms with Gasteiger partial charge in [-0.15, -0.1) is 0 Å². The van der Waals surface area contributed by atoms with E-state index in [1.165, 1.54) is 13.2 Å². The minimum Gasteiger partial charge on any atom is -0.494 e. The van der Waals surface area contributed by atoms with Crippen LogP contribution in [0.1, 0.15) is 0 Å². The molecule has 0 atom stereocenters. The van der Waals surface area contributed by atoms with Crippen molar-refractivity contribution in [2.24, 2.45) is 0 Å². The molecule has 0 amide bonds. The molecule has 1 aliphatic rings. The van der Waals surface area contributed by atoms with Crippen LogP contribution in [0.25, 0.3) is 0 Å². The largest absolute Gasteiger partial charge is 0.494 e. The van der Waals surface area contributed by atoms with Crippen LogP contribution in [-0.2, 0) is 0 Å². The maximum Gasteiger partial charge on any atom is 0.296 e. The van der Waals surface area contributed by atoms with Crippen molar-refractivity contribution >= 4 is 11.4 Å². The van der Waals surface area contributed by atoms with Crippen LogP contribution in [0.4, 0.5) is 11.4 Å². The Morgan fingerprint density at radius 2 is 2.12 bits per heavy atom. The van der Waals surface area contributed by atoms with Gasteiger partial charge in [-0.2, -0.15) is 0 Å². The van der Waals surface area contributed by atoms with E-state index in [0.717, 1.165) is 26.2 Å². The Morgan fingerprint density at radius 1 is 1.41 bits per heavy atom. The zero-order valence-electron chi connectivity index (χ0n) is 9.68. The van der Waals surface area contributed by atoms with Gasteiger partial charge in [0.25, 0.3) is 5.69 Å². The van der Waals surface area contributed by atoms with E-state index in [1.54, 1.807) is 12.1 Å². The van der Waals surface area contributed by atoms with Crippen molar-refractivity contribution in [1.29, 1.82) is 0 Å². The van der Waals surface area contributed by atoms with Crippen molar-refractivity contribution in [1.82, 2.24) is 5.32 Å². The number of nitrogens with one attached hydrogen (secondary N) is 1. The molecule has 1 fully saturated rings. The third-order valence-electron chi connectivity index (χ3n) is 2.83. The molecule has 0 spiro atoms. The summed E-state index contributed by atoms with van der Waals surface area (Å²) in [4.78, 5) is 12.7. The molecule has 92 valence electrons. The SMILES string of the molecule is COc1cccc([N+](=O)[O-])c1N1CCNCC1. The van der Waals surface area contributed by atoms with Gasteiger partial charge in [-0.3, -0.25) is 10.1 Å². The highest BCUT2D eigenvalue weighted by Gasteiger charge is 2.24. The minimum atomic E-state index is -0.361. The lowest BCUT2D eigenvalue weighted by Crippen LogP contribution is -2.43.